The van der Waals surface area contributed by atoms with E-state index in [0.29, 0.717) is 16.5 Å². The Morgan fingerprint density at radius 1 is 1.39 bits per heavy atom. The summed E-state index contributed by atoms with van der Waals surface area (Å²) in [6.07, 6.45) is 0.0842. The Morgan fingerprint density at radius 3 is 2.87 bits per heavy atom. The zero-order chi connectivity index (χ0) is 22.3. The maximum atomic E-state index is 13.4. The van der Waals surface area contributed by atoms with Gasteiger partial charge in [0.15, 0.2) is 0 Å². The van der Waals surface area contributed by atoms with E-state index in [4.69, 9.17) is 4.74 Å². The third-order valence-corrected chi connectivity index (χ3v) is 6.80. The third-order valence-electron chi connectivity index (χ3n) is 5.63. The standard InChI is InChI=1S/C20H25F2N5O3S/c1-4-30-19(29)14-11-6-5-9(2)7-13(11)31-18(14)25-17(28)16-24-20-23-10(3)8-12(15(21)22)27(20)26-16/h9-10,12,15H,4-8H2,1-3H3,(H,25,28)(H,23,24,26)/t9-,10-,12+/m1/s1. The molecule has 0 unspecified atom stereocenters. The molecule has 4 rings (SSSR count). The molecule has 0 fully saturated rings. The molecule has 2 N–H and O–H groups in total. The lowest BCUT2D eigenvalue weighted by atomic mass is 9.88. The molecule has 2 aromatic heterocycles. The molecule has 31 heavy (non-hydrogen) atoms. The fourth-order valence-electron chi connectivity index (χ4n) is 4.12. The summed E-state index contributed by atoms with van der Waals surface area (Å²) in [6.45, 7) is 5.87. The Morgan fingerprint density at radius 2 is 2.16 bits per heavy atom. The first-order chi connectivity index (χ1) is 14.8. The van der Waals surface area contributed by atoms with Gasteiger partial charge in [-0.2, -0.15) is 4.98 Å². The number of hydrogen-bond donors (Lipinski definition) is 2. The zero-order valence-electron chi connectivity index (χ0n) is 17.6. The SMILES string of the molecule is CCOC(=O)c1c(NC(=O)c2nc3n(n2)[C@H](C(F)F)C[C@@H](C)N3)sc2c1CC[C@@H](C)C2. The molecule has 2 aromatic rings. The first-order valence-electron chi connectivity index (χ1n) is 10.4. The normalized spacial score (nSPS) is 22.5. The van der Waals surface area contributed by atoms with E-state index in [2.05, 4.69) is 27.6 Å². The van der Waals surface area contributed by atoms with Gasteiger partial charge in [0, 0.05) is 10.9 Å². The minimum atomic E-state index is -2.62. The fraction of sp³-hybridized carbons (Fsp3) is 0.600. The summed E-state index contributed by atoms with van der Waals surface area (Å²) in [7, 11) is 0. The Kier molecular flexibility index (Phi) is 5.96. The molecule has 8 nitrogen and oxygen atoms in total. The Balaban J connectivity index is 1.64. The lowest BCUT2D eigenvalue weighted by molar-refractivity contribution is 0.0526. The van der Waals surface area contributed by atoms with E-state index in [-0.39, 0.29) is 30.8 Å². The second-order valence-corrected chi connectivity index (χ2v) is 9.22. The number of carbonyl (C=O) groups excluding carboxylic acids is 2. The van der Waals surface area contributed by atoms with Crippen molar-refractivity contribution in [1.82, 2.24) is 14.8 Å². The predicted molar refractivity (Wildman–Crippen MR) is 112 cm³/mol. The number of fused-ring (bicyclic) bond motifs is 2. The van der Waals surface area contributed by atoms with E-state index in [1.54, 1.807) is 13.8 Å². The van der Waals surface area contributed by atoms with Crippen LogP contribution >= 0.6 is 11.3 Å². The second-order valence-electron chi connectivity index (χ2n) is 8.12. The number of halogens is 2. The summed E-state index contributed by atoms with van der Waals surface area (Å²) >= 11 is 1.35. The number of anilines is 2. The van der Waals surface area contributed by atoms with Gasteiger partial charge in [-0.15, -0.1) is 16.4 Å². The van der Waals surface area contributed by atoms with Gasteiger partial charge < -0.3 is 15.4 Å². The van der Waals surface area contributed by atoms with Crippen molar-refractivity contribution in [2.45, 2.75) is 65.0 Å². The first-order valence-corrected chi connectivity index (χ1v) is 11.2. The van der Waals surface area contributed by atoms with Crippen molar-refractivity contribution in [2.24, 2.45) is 5.92 Å². The average Bonchev–Trinajstić information content (AvgIpc) is 3.27. The van der Waals surface area contributed by atoms with Gasteiger partial charge >= 0.3 is 5.97 Å². The van der Waals surface area contributed by atoms with Gasteiger partial charge in [-0.3, -0.25) is 4.79 Å². The van der Waals surface area contributed by atoms with Crippen LogP contribution in [0.25, 0.3) is 0 Å². The van der Waals surface area contributed by atoms with Crippen molar-refractivity contribution in [2.75, 3.05) is 17.2 Å². The van der Waals surface area contributed by atoms with Crippen molar-refractivity contribution in [3.05, 3.63) is 21.8 Å². The van der Waals surface area contributed by atoms with E-state index in [1.165, 1.54) is 11.3 Å². The minimum absolute atomic E-state index is 0.138. The van der Waals surface area contributed by atoms with E-state index in [0.717, 1.165) is 34.4 Å². The number of carbonyl (C=O) groups is 2. The van der Waals surface area contributed by atoms with Gasteiger partial charge in [0.2, 0.25) is 11.8 Å². The first kappa shape index (κ1) is 21.7. The molecule has 0 saturated heterocycles. The molecule has 1 aliphatic carbocycles. The van der Waals surface area contributed by atoms with Crippen LogP contribution in [0.15, 0.2) is 0 Å². The Bertz CT molecular complexity index is 1010. The highest BCUT2D eigenvalue weighted by atomic mass is 32.1. The number of nitrogens with one attached hydrogen (secondary N) is 2. The third kappa shape index (κ3) is 4.15. The van der Waals surface area contributed by atoms with Gasteiger partial charge in [0.25, 0.3) is 12.3 Å². The second kappa shape index (κ2) is 8.52. The van der Waals surface area contributed by atoms with Crippen LogP contribution in [0.2, 0.25) is 0 Å². The lowest BCUT2D eigenvalue weighted by Gasteiger charge is -2.28. The van der Waals surface area contributed by atoms with Gasteiger partial charge in [-0.05, 0) is 51.0 Å². The van der Waals surface area contributed by atoms with Crippen LogP contribution < -0.4 is 10.6 Å². The molecule has 0 saturated carbocycles. The van der Waals surface area contributed by atoms with Crippen LogP contribution in [0.4, 0.5) is 19.7 Å². The van der Waals surface area contributed by atoms with E-state index < -0.39 is 24.3 Å². The molecule has 0 aromatic carbocycles. The van der Waals surface area contributed by atoms with E-state index >= 15 is 0 Å². The summed E-state index contributed by atoms with van der Waals surface area (Å²) in [5.74, 6) is -0.724. The molecule has 0 bridgehead atoms. The lowest BCUT2D eigenvalue weighted by Crippen LogP contribution is -2.33. The fourth-order valence-corrected chi connectivity index (χ4v) is 5.51. The smallest absolute Gasteiger partial charge is 0.341 e. The Labute approximate surface area is 182 Å². The zero-order valence-corrected chi connectivity index (χ0v) is 18.4. The van der Waals surface area contributed by atoms with Crippen LogP contribution in [0.5, 0.6) is 0 Å². The number of amides is 1. The monoisotopic (exact) mass is 453 g/mol. The molecule has 1 amide bonds. The largest absolute Gasteiger partial charge is 0.462 e. The molecular formula is C20H25F2N5O3S. The molecule has 3 heterocycles. The molecule has 2 aliphatic rings. The van der Waals surface area contributed by atoms with Crippen molar-refractivity contribution in [3.8, 4) is 0 Å². The molecule has 0 spiro atoms. The van der Waals surface area contributed by atoms with Gasteiger partial charge in [-0.25, -0.2) is 18.3 Å². The van der Waals surface area contributed by atoms with Gasteiger partial charge in [-0.1, -0.05) is 6.92 Å². The van der Waals surface area contributed by atoms with Crippen LogP contribution in [-0.4, -0.2) is 45.7 Å². The van der Waals surface area contributed by atoms with Crippen molar-refractivity contribution >= 4 is 34.2 Å². The number of esters is 1. The van der Waals surface area contributed by atoms with Gasteiger partial charge in [0.1, 0.15) is 11.0 Å². The quantitative estimate of drug-likeness (QED) is 0.667. The number of thiophene rings is 1. The number of ether oxygens (including phenoxy) is 1. The number of rotatable bonds is 5. The highest BCUT2D eigenvalue weighted by molar-refractivity contribution is 7.17. The minimum Gasteiger partial charge on any atom is -0.462 e. The molecule has 3 atom stereocenters. The summed E-state index contributed by atoms with van der Waals surface area (Å²) in [5.41, 5.74) is 1.30. The number of hydrogen-bond acceptors (Lipinski definition) is 7. The number of nitrogens with zero attached hydrogens (tertiary/aromatic N) is 3. The van der Waals surface area contributed by atoms with Crippen LogP contribution in [0, 0.1) is 5.92 Å². The maximum absolute atomic E-state index is 13.4. The molecule has 11 heteroatoms. The molecule has 0 radical (unpaired) electrons. The van der Waals surface area contributed by atoms with Crippen LogP contribution in [0.1, 0.15) is 71.1 Å². The molecule has 168 valence electrons. The van der Waals surface area contributed by atoms with E-state index in [9.17, 15) is 18.4 Å². The topological polar surface area (TPSA) is 98.1 Å². The molecule has 1 aliphatic heterocycles. The van der Waals surface area contributed by atoms with Crippen LogP contribution in [0.3, 0.4) is 0 Å². The number of aromatic nitrogens is 3. The van der Waals surface area contributed by atoms with Crippen molar-refractivity contribution < 1.29 is 23.1 Å². The molecular weight excluding hydrogens is 428 g/mol. The van der Waals surface area contributed by atoms with Crippen LogP contribution in [-0.2, 0) is 17.6 Å². The average molecular weight is 454 g/mol. The summed E-state index contributed by atoms with van der Waals surface area (Å²) in [4.78, 5) is 30.7. The van der Waals surface area contributed by atoms with Crippen molar-refractivity contribution in [3.63, 3.8) is 0 Å². The summed E-state index contributed by atoms with van der Waals surface area (Å²) in [5, 5.41) is 10.1. The predicted octanol–water partition coefficient (Wildman–Crippen LogP) is 3.90. The highest BCUT2D eigenvalue weighted by Crippen LogP contribution is 2.40. The maximum Gasteiger partial charge on any atom is 0.341 e. The summed E-state index contributed by atoms with van der Waals surface area (Å²) < 4.78 is 33.2. The van der Waals surface area contributed by atoms with Crippen molar-refractivity contribution in [1.29, 1.82) is 0 Å². The number of alkyl halides is 2. The van der Waals surface area contributed by atoms with E-state index in [1.807, 2.05) is 0 Å². The summed E-state index contributed by atoms with van der Waals surface area (Å²) in [6, 6.07) is -1.36. The highest BCUT2D eigenvalue weighted by Gasteiger charge is 2.35. The van der Waals surface area contributed by atoms with Gasteiger partial charge in [0.05, 0.1) is 12.2 Å². The Hall–Kier alpha value is -2.56.